The second-order valence-electron chi connectivity index (χ2n) is 5.45. The summed E-state index contributed by atoms with van der Waals surface area (Å²) in [4.78, 5) is 11.5. The van der Waals surface area contributed by atoms with Crippen molar-refractivity contribution >= 4 is 26.2 Å². The molecule has 2 bridgehead atoms. The van der Waals surface area contributed by atoms with Crippen molar-refractivity contribution in [2.24, 2.45) is 11.8 Å². The highest BCUT2D eigenvalue weighted by molar-refractivity contribution is 7.87. The maximum atomic E-state index is 11.7. The topological polar surface area (TPSA) is 127 Å². The van der Waals surface area contributed by atoms with E-state index in [9.17, 15) is 26.2 Å². The first-order chi connectivity index (χ1) is 9.17. The first-order valence-electron chi connectivity index (χ1n) is 6.22. The third-order valence-electron chi connectivity index (χ3n) is 4.24. The summed E-state index contributed by atoms with van der Waals surface area (Å²) in [6, 6.07) is 0. The minimum atomic E-state index is -4.47. The lowest BCUT2D eigenvalue weighted by Gasteiger charge is -2.24. The summed E-state index contributed by atoms with van der Waals surface area (Å²) in [7, 11) is -8.04. The summed E-state index contributed by atoms with van der Waals surface area (Å²) < 4.78 is 64.8. The van der Waals surface area contributed by atoms with Crippen LogP contribution in [0.1, 0.15) is 19.3 Å². The summed E-state index contributed by atoms with van der Waals surface area (Å²) >= 11 is 0. The van der Waals surface area contributed by atoms with Crippen LogP contribution in [-0.4, -0.2) is 50.6 Å². The molecule has 0 aromatic rings. The van der Waals surface area contributed by atoms with Crippen molar-refractivity contribution in [2.45, 2.75) is 36.7 Å². The number of ether oxygens (including phenoxy) is 1. The molecule has 2 saturated carbocycles. The van der Waals surface area contributed by atoms with Crippen LogP contribution in [0.15, 0.2) is 0 Å². The fraction of sp³-hybridized carbons (Fsp3) is 0.900. The molecule has 0 amide bonds. The maximum absolute atomic E-state index is 11.7. The van der Waals surface area contributed by atoms with Crippen molar-refractivity contribution in [3.8, 4) is 0 Å². The van der Waals surface area contributed by atoms with Gasteiger partial charge in [0.1, 0.15) is 12.2 Å². The van der Waals surface area contributed by atoms with Gasteiger partial charge in [-0.25, -0.2) is 8.42 Å². The standard InChI is InChI=1S/C10H14O8S2/c11-8(1-2-19(12,13)14)17-9-5-3-6-7(4-5)20(15,16)18-10(6)9/h5-7,9-10H,1-4H2,(H,12,13,14)/p-1. The number of rotatable bonds is 4. The average molecular weight is 325 g/mol. The summed E-state index contributed by atoms with van der Waals surface area (Å²) in [5, 5.41) is -0.505. The van der Waals surface area contributed by atoms with Gasteiger partial charge in [-0.1, -0.05) is 0 Å². The molecule has 8 nitrogen and oxygen atoms in total. The number of hydrogen-bond acceptors (Lipinski definition) is 8. The third kappa shape index (κ3) is 2.34. The zero-order valence-electron chi connectivity index (χ0n) is 10.3. The van der Waals surface area contributed by atoms with E-state index >= 15 is 0 Å². The molecule has 0 aromatic heterocycles. The van der Waals surface area contributed by atoms with Crippen LogP contribution in [0.25, 0.3) is 0 Å². The zero-order chi connectivity index (χ0) is 14.7. The highest BCUT2D eigenvalue weighted by Gasteiger charge is 2.65. The Morgan fingerprint density at radius 1 is 1.35 bits per heavy atom. The van der Waals surface area contributed by atoms with Gasteiger partial charge in [-0.05, 0) is 12.8 Å². The molecule has 0 N–H and O–H groups in total. The van der Waals surface area contributed by atoms with Gasteiger partial charge < -0.3 is 9.29 Å². The molecular formula is C10H13O8S2-. The fourth-order valence-electron chi connectivity index (χ4n) is 3.46. The van der Waals surface area contributed by atoms with E-state index in [4.69, 9.17) is 8.92 Å². The molecule has 1 heterocycles. The molecule has 0 spiro atoms. The van der Waals surface area contributed by atoms with E-state index in [1.165, 1.54) is 0 Å². The van der Waals surface area contributed by atoms with Gasteiger partial charge >= 0.3 is 5.97 Å². The van der Waals surface area contributed by atoms with Crippen molar-refractivity contribution in [2.75, 3.05) is 5.75 Å². The van der Waals surface area contributed by atoms with Crippen LogP contribution < -0.4 is 0 Å². The lowest BCUT2D eigenvalue weighted by atomic mass is 9.94. The Labute approximate surface area is 116 Å². The lowest BCUT2D eigenvalue weighted by Crippen LogP contribution is -2.37. The van der Waals surface area contributed by atoms with E-state index in [-0.39, 0.29) is 11.8 Å². The SMILES string of the molecule is O=C(CCS(=O)(=O)[O-])OC1C2CC3C1OS(=O)(=O)C3C2. The van der Waals surface area contributed by atoms with Crippen molar-refractivity contribution in [1.82, 2.24) is 0 Å². The van der Waals surface area contributed by atoms with Gasteiger partial charge in [0.25, 0.3) is 10.1 Å². The van der Waals surface area contributed by atoms with Crippen molar-refractivity contribution in [3.63, 3.8) is 0 Å². The van der Waals surface area contributed by atoms with Gasteiger partial charge in [-0.3, -0.25) is 8.98 Å². The first kappa shape index (κ1) is 14.2. The zero-order valence-corrected chi connectivity index (χ0v) is 11.9. The molecule has 5 unspecified atom stereocenters. The van der Waals surface area contributed by atoms with Crippen LogP contribution in [-0.2, 0) is 34.0 Å². The quantitative estimate of drug-likeness (QED) is 0.365. The van der Waals surface area contributed by atoms with Crippen LogP contribution >= 0.6 is 0 Å². The van der Waals surface area contributed by atoms with Crippen molar-refractivity contribution in [1.29, 1.82) is 0 Å². The molecule has 3 aliphatic rings. The van der Waals surface area contributed by atoms with E-state index < -0.39 is 55.8 Å². The van der Waals surface area contributed by atoms with Gasteiger partial charge in [-0.2, -0.15) is 8.42 Å². The molecule has 1 aliphatic heterocycles. The molecule has 20 heavy (non-hydrogen) atoms. The Kier molecular flexibility index (Phi) is 3.13. The molecule has 10 heteroatoms. The van der Waals surface area contributed by atoms with Crippen molar-refractivity contribution in [3.05, 3.63) is 0 Å². The predicted octanol–water partition coefficient (Wildman–Crippen LogP) is -1.03. The lowest BCUT2D eigenvalue weighted by molar-refractivity contribution is -0.155. The van der Waals surface area contributed by atoms with Gasteiger partial charge in [0, 0.05) is 17.6 Å². The Morgan fingerprint density at radius 3 is 2.70 bits per heavy atom. The predicted molar refractivity (Wildman–Crippen MR) is 62.9 cm³/mol. The fourth-order valence-corrected chi connectivity index (χ4v) is 5.76. The highest BCUT2D eigenvalue weighted by atomic mass is 32.2. The van der Waals surface area contributed by atoms with Crippen molar-refractivity contribution < 1.29 is 35.1 Å². The Morgan fingerprint density at radius 2 is 2.05 bits per heavy atom. The molecule has 0 radical (unpaired) electrons. The van der Waals surface area contributed by atoms with Crippen LogP contribution in [0.4, 0.5) is 0 Å². The number of fused-ring (bicyclic) bond motifs is 1. The summed E-state index contributed by atoms with van der Waals surface area (Å²) in [6.45, 7) is 0. The summed E-state index contributed by atoms with van der Waals surface area (Å²) in [5.41, 5.74) is 0. The Hall–Kier alpha value is -0.710. The van der Waals surface area contributed by atoms with Crippen LogP contribution in [0.3, 0.4) is 0 Å². The van der Waals surface area contributed by atoms with E-state index in [2.05, 4.69) is 0 Å². The van der Waals surface area contributed by atoms with Gasteiger partial charge in [0.2, 0.25) is 0 Å². The summed E-state index contributed by atoms with van der Waals surface area (Å²) in [6.07, 6.45) is -0.803. The smallest absolute Gasteiger partial charge is 0.307 e. The molecular weight excluding hydrogens is 312 g/mol. The second kappa shape index (κ2) is 4.39. The normalized spacial score (nSPS) is 41.0. The minimum Gasteiger partial charge on any atom is -0.748 e. The first-order valence-corrected chi connectivity index (χ1v) is 9.27. The maximum Gasteiger partial charge on any atom is 0.307 e. The Balaban J connectivity index is 1.65. The Bertz CT molecular complexity index is 636. The molecule has 0 aromatic carbocycles. The van der Waals surface area contributed by atoms with Crippen LogP contribution in [0.5, 0.6) is 0 Å². The van der Waals surface area contributed by atoms with Gasteiger partial charge in [-0.15, -0.1) is 0 Å². The van der Waals surface area contributed by atoms with Crippen LogP contribution in [0, 0.1) is 11.8 Å². The number of hydrogen-bond donors (Lipinski definition) is 0. The van der Waals surface area contributed by atoms with Crippen LogP contribution in [0.2, 0.25) is 0 Å². The largest absolute Gasteiger partial charge is 0.748 e. The van der Waals surface area contributed by atoms with Gasteiger partial charge in [0.15, 0.2) is 0 Å². The molecule has 3 rings (SSSR count). The third-order valence-corrected chi connectivity index (χ3v) is 6.72. The average Bonchev–Trinajstić information content (AvgIpc) is 2.89. The molecule has 3 fully saturated rings. The van der Waals surface area contributed by atoms with E-state index in [1.54, 1.807) is 0 Å². The second-order valence-corrected chi connectivity index (χ2v) is 8.76. The van der Waals surface area contributed by atoms with Gasteiger partial charge in [0.05, 0.1) is 21.8 Å². The molecule has 1 saturated heterocycles. The van der Waals surface area contributed by atoms with E-state index in [1.807, 2.05) is 0 Å². The van der Waals surface area contributed by atoms with E-state index in [0.29, 0.717) is 12.8 Å². The molecule has 2 aliphatic carbocycles. The monoisotopic (exact) mass is 325 g/mol. The number of carbonyl (C=O) groups excluding carboxylic acids is 1. The number of esters is 1. The molecule has 5 atom stereocenters. The highest BCUT2D eigenvalue weighted by Crippen LogP contribution is 2.55. The number of carbonyl (C=O) groups is 1. The summed E-state index contributed by atoms with van der Waals surface area (Å²) in [5.74, 6) is -1.85. The van der Waals surface area contributed by atoms with E-state index in [0.717, 1.165) is 0 Å². The minimum absolute atomic E-state index is 0.0694. The molecule has 114 valence electrons.